The molecule has 8 heteroatoms. The van der Waals surface area contributed by atoms with Crippen LogP contribution in [0.15, 0.2) is 67.0 Å². The number of rotatable bonds is 5. The third-order valence-corrected chi connectivity index (χ3v) is 4.01. The minimum Gasteiger partial charge on any atom is -0.324 e. The van der Waals surface area contributed by atoms with Gasteiger partial charge in [0.25, 0.3) is 5.91 Å². The van der Waals surface area contributed by atoms with Crippen molar-refractivity contribution >= 4 is 23.2 Å². The molecule has 1 N–H and O–H groups in total. The predicted octanol–water partition coefficient (Wildman–Crippen LogP) is 4.91. The summed E-state index contributed by atoms with van der Waals surface area (Å²) in [6, 6.07) is 14.2. The molecule has 2 aromatic carbocycles. The molecule has 5 nitrogen and oxygen atoms in total. The van der Waals surface area contributed by atoms with Gasteiger partial charge in [-0.3, -0.25) is 4.79 Å². The molecule has 0 saturated heterocycles. The van der Waals surface area contributed by atoms with Crippen molar-refractivity contribution in [2.45, 2.75) is 13.1 Å². The fourth-order valence-electron chi connectivity index (χ4n) is 2.67. The lowest BCUT2D eigenvalue weighted by atomic mass is 10.1. The molecular formula is C20H17F3N4O. The minimum absolute atomic E-state index is 0.0315. The molecule has 144 valence electrons. The Bertz CT molecular complexity index is 944. The highest BCUT2D eigenvalue weighted by atomic mass is 19.4. The van der Waals surface area contributed by atoms with Crippen molar-refractivity contribution in [3.63, 3.8) is 0 Å². The number of benzene rings is 2. The number of amides is 1. The summed E-state index contributed by atoms with van der Waals surface area (Å²) in [4.78, 5) is 22.3. The van der Waals surface area contributed by atoms with Crippen molar-refractivity contribution in [2.75, 3.05) is 16.8 Å². The highest BCUT2D eigenvalue weighted by Gasteiger charge is 2.33. The molecule has 0 aliphatic carbocycles. The lowest BCUT2D eigenvalue weighted by Gasteiger charge is -2.20. The highest BCUT2D eigenvalue weighted by Crippen LogP contribution is 2.35. The zero-order chi connectivity index (χ0) is 20.1. The third-order valence-electron chi connectivity index (χ3n) is 4.01. The molecule has 0 bridgehead atoms. The summed E-state index contributed by atoms with van der Waals surface area (Å²) >= 11 is 0. The quantitative estimate of drug-likeness (QED) is 0.677. The van der Waals surface area contributed by atoms with Gasteiger partial charge in [-0.25, -0.2) is 9.97 Å². The standard InChI is InChI=1S/C20H17F3N4O/c1-2-27(15-8-4-3-5-9-15)18(28)14-12-24-19(25-13-14)26-17-11-7-6-10-16(17)20(21,22)23/h3-13H,2H2,1H3,(H,24,25,26). The molecule has 0 aliphatic heterocycles. The first-order chi connectivity index (χ1) is 13.4. The Balaban J connectivity index is 1.80. The second-order valence-electron chi connectivity index (χ2n) is 5.85. The SMILES string of the molecule is CCN(C(=O)c1cnc(Nc2ccccc2C(F)(F)F)nc1)c1ccccc1. The van der Waals surface area contributed by atoms with E-state index in [-0.39, 0.29) is 23.1 Å². The van der Waals surface area contributed by atoms with Gasteiger partial charge in [-0.05, 0) is 31.2 Å². The molecule has 0 atom stereocenters. The van der Waals surface area contributed by atoms with E-state index in [9.17, 15) is 18.0 Å². The number of nitrogens with zero attached hydrogens (tertiary/aromatic N) is 3. The monoisotopic (exact) mass is 386 g/mol. The number of carbonyl (C=O) groups excluding carboxylic acids is 1. The summed E-state index contributed by atoms with van der Waals surface area (Å²) in [6.45, 7) is 2.29. The van der Waals surface area contributed by atoms with E-state index in [1.165, 1.54) is 30.6 Å². The van der Waals surface area contributed by atoms with Crippen LogP contribution in [0.3, 0.4) is 0 Å². The maximum Gasteiger partial charge on any atom is 0.418 e. The Morgan fingerprint density at radius 3 is 2.21 bits per heavy atom. The Morgan fingerprint density at radius 1 is 1.00 bits per heavy atom. The number of carbonyl (C=O) groups is 1. The van der Waals surface area contributed by atoms with Gasteiger partial charge in [0, 0.05) is 24.6 Å². The highest BCUT2D eigenvalue weighted by molar-refractivity contribution is 6.05. The number of aromatic nitrogens is 2. The van der Waals surface area contributed by atoms with Crippen molar-refractivity contribution in [1.82, 2.24) is 9.97 Å². The minimum atomic E-state index is -4.50. The summed E-state index contributed by atoms with van der Waals surface area (Å²) in [5.74, 6) is -0.327. The van der Waals surface area contributed by atoms with Crippen LogP contribution in [0, 0.1) is 0 Å². The van der Waals surface area contributed by atoms with Crippen molar-refractivity contribution in [2.24, 2.45) is 0 Å². The Hall–Kier alpha value is -3.42. The van der Waals surface area contributed by atoms with Crippen LogP contribution < -0.4 is 10.2 Å². The number of hydrogen-bond donors (Lipinski definition) is 1. The zero-order valence-corrected chi connectivity index (χ0v) is 14.9. The molecule has 0 aliphatic rings. The molecule has 0 spiro atoms. The first-order valence-electron chi connectivity index (χ1n) is 8.52. The Kier molecular flexibility index (Phi) is 5.58. The first kappa shape index (κ1) is 19.3. The summed E-state index contributed by atoms with van der Waals surface area (Å²) in [5.41, 5.74) is -0.00907. The van der Waals surface area contributed by atoms with Crippen LogP contribution in [0.1, 0.15) is 22.8 Å². The van der Waals surface area contributed by atoms with Crippen molar-refractivity contribution in [3.05, 3.63) is 78.1 Å². The van der Waals surface area contributed by atoms with Crippen LogP contribution in [-0.2, 0) is 6.18 Å². The fraction of sp³-hybridized carbons (Fsp3) is 0.150. The van der Waals surface area contributed by atoms with Crippen LogP contribution in [0.5, 0.6) is 0 Å². The van der Waals surface area contributed by atoms with Gasteiger partial charge >= 0.3 is 6.18 Å². The smallest absolute Gasteiger partial charge is 0.324 e. The molecule has 1 heterocycles. The van der Waals surface area contributed by atoms with Gasteiger partial charge in [-0.15, -0.1) is 0 Å². The van der Waals surface area contributed by atoms with Gasteiger partial charge in [0.15, 0.2) is 0 Å². The van der Waals surface area contributed by atoms with E-state index in [1.54, 1.807) is 4.90 Å². The van der Waals surface area contributed by atoms with Crippen LogP contribution in [0.2, 0.25) is 0 Å². The average Bonchev–Trinajstić information content (AvgIpc) is 2.69. The lowest BCUT2D eigenvalue weighted by molar-refractivity contribution is -0.136. The number of anilines is 3. The van der Waals surface area contributed by atoms with E-state index in [1.807, 2.05) is 37.3 Å². The molecule has 3 aromatic rings. The molecule has 0 fully saturated rings. The molecule has 1 amide bonds. The predicted molar refractivity (Wildman–Crippen MR) is 101 cm³/mol. The van der Waals surface area contributed by atoms with Crippen molar-refractivity contribution in [3.8, 4) is 0 Å². The van der Waals surface area contributed by atoms with Crippen LogP contribution in [0.4, 0.5) is 30.5 Å². The summed E-state index contributed by atoms with van der Waals surface area (Å²) < 4.78 is 39.2. The largest absolute Gasteiger partial charge is 0.418 e. The molecule has 0 saturated carbocycles. The number of hydrogen-bond acceptors (Lipinski definition) is 4. The van der Waals surface area contributed by atoms with E-state index in [2.05, 4.69) is 15.3 Å². The van der Waals surface area contributed by atoms with Crippen LogP contribution in [-0.4, -0.2) is 22.4 Å². The van der Waals surface area contributed by atoms with Crippen LogP contribution in [0.25, 0.3) is 0 Å². The number of nitrogens with one attached hydrogen (secondary N) is 1. The normalized spacial score (nSPS) is 11.1. The second-order valence-corrected chi connectivity index (χ2v) is 5.85. The van der Waals surface area contributed by atoms with E-state index in [0.717, 1.165) is 11.8 Å². The number of halogens is 3. The van der Waals surface area contributed by atoms with Gasteiger partial charge in [-0.1, -0.05) is 30.3 Å². The third kappa shape index (κ3) is 4.28. The van der Waals surface area contributed by atoms with E-state index in [0.29, 0.717) is 6.54 Å². The molecule has 1 aromatic heterocycles. The topological polar surface area (TPSA) is 58.1 Å². The summed E-state index contributed by atoms with van der Waals surface area (Å²) in [5, 5.41) is 2.55. The Labute approximate surface area is 159 Å². The van der Waals surface area contributed by atoms with E-state index >= 15 is 0 Å². The van der Waals surface area contributed by atoms with Gasteiger partial charge in [0.2, 0.25) is 5.95 Å². The second kappa shape index (κ2) is 8.08. The first-order valence-corrected chi connectivity index (χ1v) is 8.52. The molecular weight excluding hydrogens is 369 g/mol. The zero-order valence-electron chi connectivity index (χ0n) is 14.9. The molecule has 0 unspecified atom stereocenters. The maximum atomic E-state index is 13.1. The number of alkyl halides is 3. The van der Waals surface area contributed by atoms with E-state index < -0.39 is 11.7 Å². The molecule has 3 rings (SSSR count). The van der Waals surface area contributed by atoms with Gasteiger partial charge in [-0.2, -0.15) is 13.2 Å². The van der Waals surface area contributed by atoms with Crippen LogP contribution >= 0.6 is 0 Å². The lowest BCUT2D eigenvalue weighted by Crippen LogP contribution is -2.30. The molecule has 28 heavy (non-hydrogen) atoms. The summed E-state index contributed by atoms with van der Waals surface area (Å²) in [6.07, 6.45) is -1.92. The van der Waals surface area contributed by atoms with Gasteiger partial charge < -0.3 is 10.2 Å². The summed E-state index contributed by atoms with van der Waals surface area (Å²) in [7, 11) is 0. The average molecular weight is 386 g/mol. The van der Waals surface area contributed by atoms with Gasteiger partial charge in [0.05, 0.1) is 16.8 Å². The number of para-hydroxylation sites is 2. The molecule has 0 radical (unpaired) electrons. The van der Waals surface area contributed by atoms with E-state index in [4.69, 9.17) is 0 Å². The Morgan fingerprint density at radius 2 is 1.61 bits per heavy atom. The van der Waals surface area contributed by atoms with Gasteiger partial charge in [0.1, 0.15) is 0 Å². The van der Waals surface area contributed by atoms with Crippen molar-refractivity contribution < 1.29 is 18.0 Å². The maximum absolute atomic E-state index is 13.1. The fourth-order valence-corrected chi connectivity index (χ4v) is 2.67. The van der Waals surface area contributed by atoms with Crippen molar-refractivity contribution in [1.29, 1.82) is 0 Å².